The molecule has 0 fully saturated rings. The fourth-order valence-electron chi connectivity index (χ4n) is 1.42. The second kappa shape index (κ2) is 6.78. The van der Waals surface area contributed by atoms with E-state index in [0.29, 0.717) is 12.3 Å². The van der Waals surface area contributed by atoms with Gasteiger partial charge in [-0.2, -0.15) is 4.98 Å². The molecule has 6 nitrogen and oxygen atoms in total. The lowest BCUT2D eigenvalue weighted by molar-refractivity contribution is -0.138. The van der Waals surface area contributed by atoms with Gasteiger partial charge in [0.05, 0.1) is 6.10 Å². The Kier molecular flexibility index (Phi) is 5.35. The fraction of sp³-hybridized carbons (Fsp3) is 0.583. The van der Waals surface area contributed by atoms with E-state index in [2.05, 4.69) is 15.3 Å². The van der Waals surface area contributed by atoms with Crippen molar-refractivity contribution in [1.82, 2.24) is 9.97 Å². The molecule has 0 saturated carbocycles. The second-order valence-corrected chi connectivity index (χ2v) is 4.21. The second-order valence-electron chi connectivity index (χ2n) is 4.21. The number of ether oxygens (including phenoxy) is 1. The quantitative estimate of drug-likeness (QED) is 0.772. The van der Waals surface area contributed by atoms with Gasteiger partial charge in [0.2, 0.25) is 11.8 Å². The molecule has 0 aromatic carbocycles. The molecule has 0 aliphatic carbocycles. The van der Waals surface area contributed by atoms with Gasteiger partial charge in [0.15, 0.2) is 0 Å². The minimum atomic E-state index is -0.907. The monoisotopic (exact) mass is 253 g/mol. The van der Waals surface area contributed by atoms with Crippen molar-refractivity contribution in [3.8, 4) is 5.88 Å². The van der Waals surface area contributed by atoms with Gasteiger partial charge >= 0.3 is 5.97 Å². The minimum absolute atomic E-state index is 0.0127. The van der Waals surface area contributed by atoms with E-state index in [9.17, 15) is 4.79 Å². The summed E-state index contributed by atoms with van der Waals surface area (Å²) in [7, 11) is 0. The maximum absolute atomic E-state index is 11.0. The molecule has 100 valence electrons. The lowest BCUT2D eigenvalue weighted by Crippen LogP contribution is -2.29. The lowest BCUT2D eigenvalue weighted by atomic mass is 10.2. The van der Waals surface area contributed by atoms with Crippen LogP contribution < -0.4 is 10.1 Å². The topological polar surface area (TPSA) is 84.3 Å². The first-order valence-electron chi connectivity index (χ1n) is 6.02. The molecule has 1 atom stereocenters. The van der Waals surface area contributed by atoms with Crippen LogP contribution in [-0.4, -0.2) is 33.2 Å². The smallest absolute Gasteiger partial charge is 0.326 e. The van der Waals surface area contributed by atoms with Crippen LogP contribution in [0, 0.1) is 0 Å². The summed E-state index contributed by atoms with van der Waals surface area (Å²) in [5, 5.41) is 11.8. The zero-order valence-electron chi connectivity index (χ0n) is 10.9. The van der Waals surface area contributed by atoms with Gasteiger partial charge in [0, 0.05) is 12.3 Å². The van der Waals surface area contributed by atoms with Crippen molar-refractivity contribution in [2.75, 3.05) is 5.32 Å². The van der Waals surface area contributed by atoms with Crippen molar-refractivity contribution in [3.05, 3.63) is 12.3 Å². The summed E-state index contributed by atoms with van der Waals surface area (Å²) in [6, 6.07) is 0.963. The molecule has 0 aliphatic rings. The average Bonchev–Trinajstić information content (AvgIpc) is 2.28. The van der Waals surface area contributed by atoms with Crippen molar-refractivity contribution in [1.29, 1.82) is 0 Å². The summed E-state index contributed by atoms with van der Waals surface area (Å²) in [6.45, 7) is 5.72. The molecule has 2 N–H and O–H groups in total. The van der Waals surface area contributed by atoms with Crippen LogP contribution in [0.15, 0.2) is 12.3 Å². The highest BCUT2D eigenvalue weighted by Crippen LogP contribution is 2.12. The third kappa shape index (κ3) is 4.57. The molecule has 0 radical (unpaired) electrons. The van der Waals surface area contributed by atoms with Crippen molar-refractivity contribution < 1.29 is 14.6 Å². The standard InChI is InChI=1S/C12H19N3O3/c1-4-5-9(11(16)17)14-12-13-7-6-10(15-12)18-8(2)3/h6-9H,4-5H2,1-3H3,(H,16,17)(H,13,14,15). The van der Waals surface area contributed by atoms with Crippen LogP contribution >= 0.6 is 0 Å². The first kappa shape index (κ1) is 14.2. The number of nitrogens with one attached hydrogen (secondary N) is 1. The minimum Gasteiger partial charge on any atom is -0.480 e. The number of nitrogens with zero attached hydrogens (tertiary/aromatic N) is 2. The molecule has 1 rings (SSSR count). The van der Waals surface area contributed by atoms with Crippen molar-refractivity contribution >= 4 is 11.9 Å². The number of rotatable bonds is 7. The zero-order valence-corrected chi connectivity index (χ0v) is 10.9. The van der Waals surface area contributed by atoms with Gasteiger partial charge in [-0.05, 0) is 20.3 Å². The predicted octanol–water partition coefficient (Wildman–Crippen LogP) is 1.93. The molecule has 0 spiro atoms. The lowest BCUT2D eigenvalue weighted by Gasteiger charge is -2.14. The zero-order chi connectivity index (χ0) is 13.5. The number of carboxylic acid groups (broad SMARTS) is 1. The number of aromatic nitrogens is 2. The van der Waals surface area contributed by atoms with Crippen molar-refractivity contribution in [3.63, 3.8) is 0 Å². The molecule has 18 heavy (non-hydrogen) atoms. The molecule has 0 aliphatic heterocycles. The van der Waals surface area contributed by atoms with Gasteiger partial charge in [-0.1, -0.05) is 13.3 Å². The Morgan fingerprint density at radius 1 is 1.56 bits per heavy atom. The van der Waals surface area contributed by atoms with Gasteiger partial charge in [-0.15, -0.1) is 0 Å². The highest BCUT2D eigenvalue weighted by molar-refractivity contribution is 5.76. The summed E-state index contributed by atoms with van der Waals surface area (Å²) < 4.78 is 5.42. The van der Waals surface area contributed by atoms with Gasteiger partial charge in [-0.3, -0.25) is 0 Å². The molecular formula is C12H19N3O3. The number of hydrogen-bond acceptors (Lipinski definition) is 5. The first-order valence-corrected chi connectivity index (χ1v) is 6.02. The van der Waals surface area contributed by atoms with Crippen LogP contribution in [0.4, 0.5) is 5.95 Å². The summed E-state index contributed by atoms with van der Waals surface area (Å²) in [6.07, 6.45) is 2.84. The van der Waals surface area contributed by atoms with Crippen LogP contribution in [0.3, 0.4) is 0 Å². The van der Waals surface area contributed by atoms with E-state index in [0.717, 1.165) is 6.42 Å². The van der Waals surface area contributed by atoms with E-state index in [1.165, 1.54) is 6.20 Å². The van der Waals surface area contributed by atoms with E-state index in [4.69, 9.17) is 9.84 Å². The molecule has 1 heterocycles. The SMILES string of the molecule is CCCC(Nc1nccc(OC(C)C)n1)C(=O)O. The number of aliphatic carboxylic acids is 1. The van der Waals surface area contributed by atoms with Crippen LogP contribution in [0.1, 0.15) is 33.6 Å². The van der Waals surface area contributed by atoms with Gasteiger partial charge in [-0.25, -0.2) is 9.78 Å². The number of anilines is 1. The summed E-state index contributed by atoms with van der Waals surface area (Å²) in [5.41, 5.74) is 0. The highest BCUT2D eigenvalue weighted by Gasteiger charge is 2.17. The predicted molar refractivity (Wildman–Crippen MR) is 67.8 cm³/mol. The van der Waals surface area contributed by atoms with Crippen LogP contribution in [0.2, 0.25) is 0 Å². The Morgan fingerprint density at radius 3 is 2.83 bits per heavy atom. The highest BCUT2D eigenvalue weighted by atomic mass is 16.5. The maximum Gasteiger partial charge on any atom is 0.326 e. The molecule has 6 heteroatoms. The summed E-state index contributed by atoms with van der Waals surface area (Å²) in [5.74, 6) is -0.201. The maximum atomic E-state index is 11.0. The van der Waals surface area contributed by atoms with Gasteiger partial charge in [0.25, 0.3) is 0 Å². The number of carboxylic acids is 1. The molecule has 1 aromatic heterocycles. The van der Waals surface area contributed by atoms with E-state index >= 15 is 0 Å². The van der Waals surface area contributed by atoms with Crippen molar-refractivity contribution in [2.24, 2.45) is 0 Å². The molecule has 1 aromatic rings. The summed E-state index contributed by atoms with van der Waals surface area (Å²) in [4.78, 5) is 19.1. The average molecular weight is 253 g/mol. The number of hydrogen-bond donors (Lipinski definition) is 2. The van der Waals surface area contributed by atoms with E-state index in [1.807, 2.05) is 20.8 Å². The largest absolute Gasteiger partial charge is 0.480 e. The molecular weight excluding hydrogens is 234 g/mol. The third-order valence-electron chi connectivity index (χ3n) is 2.17. The van der Waals surface area contributed by atoms with Crippen molar-refractivity contribution in [2.45, 2.75) is 45.8 Å². The molecule has 0 amide bonds. The Hall–Kier alpha value is -1.85. The normalized spacial score (nSPS) is 12.2. The van der Waals surface area contributed by atoms with E-state index < -0.39 is 12.0 Å². The summed E-state index contributed by atoms with van der Waals surface area (Å²) >= 11 is 0. The van der Waals surface area contributed by atoms with Crippen LogP contribution in [0.5, 0.6) is 5.88 Å². The van der Waals surface area contributed by atoms with Crippen LogP contribution in [-0.2, 0) is 4.79 Å². The molecule has 1 unspecified atom stereocenters. The van der Waals surface area contributed by atoms with Crippen LogP contribution in [0.25, 0.3) is 0 Å². The third-order valence-corrected chi connectivity index (χ3v) is 2.17. The van der Waals surface area contributed by atoms with E-state index in [1.54, 1.807) is 6.07 Å². The molecule has 0 bridgehead atoms. The van der Waals surface area contributed by atoms with Gasteiger partial charge < -0.3 is 15.2 Å². The molecule has 0 saturated heterocycles. The Balaban J connectivity index is 2.73. The fourth-order valence-corrected chi connectivity index (χ4v) is 1.42. The number of carbonyl (C=O) groups is 1. The van der Waals surface area contributed by atoms with Gasteiger partial charge in [0.1, 0.15) is 6.04 Å². The van der Waals surface area contributed by atoms with E-state index in [-0.39, 0.29) is 12.1 Å². The Morgan fingerprint density at radius 2 is 2.28 bits per heavy atom. The Bertz CT molecular complexity index is 396. The first-order chi connectivity index (χ1) is 8.52. The Labute approximate surface area is 106 Å².